The van der Waals surface area contributed by atoms with Crippen LogP contribution in [0.1, 0.15) is 20.8 Å². The third-order valence-electron chi connectivity index (χ3n) is 3.48. The highest BCUT2D eigenvalue weighted by atomic mass is 35.5. The Morgan fingerprint density at radius 3 is 2.56 bits per heavy atom. The summed E-state index contributed by atoms with van der Waals surface area (Å²) in [6, 6.07) is 15.4. The average molecular weight is 421 g/mol. The maximum absolute atomic E-state index is 12.0. The molecule has 1 heterocycles. The van der Waals surface area contributed by atoms with Crippen molar-refractivity contribution in [2.24, 2.45) is 10.9 Å². The van der Waals surface area contributed by atoms with Crippen LogP contribution in [0, 0.1) is 0 Å². The van der Waals surface area contributed by atoms with Crippen LogP contribution < -0.4 is 10.5 Å². The molecule has 0 spiro atoms. The van der Waals surface area contributed by atoms with Crippen LogP contribution in [0.2, 0.25) is 10.0 Å². The molecular formula is C19H14Cl2N2O3S. The first-order chi connectivity index (χ1) is 13.0. The maximum Gasteiger partial charge on any atom is 0.365 e. The van der Waals surface area contributed by atoms with Crippen LogP contribution in [0.25, 0.3) is 0 Å². The molecule has 8 heteroatoms. The zero-order valence-electron chi connectivity index (χ0n) is 13.9. The van der Waals surface area contributed by atoms with Gasteiger partial charge >= 0.3 is 5.97 Å². The number of amidine groups is 1. The van der Waals surface area contributed by atoms with Gasteiger partial charge in [-0.3, -0.25) is 0 Å². The Morgan fingerprint density at radius 2 is 1.89 bits per heavy atom. The Kier molecular flexibility index (Phi) is 6.34. The van der Waals surface area contributed by atoms with E-state index >= 15 is 0 Å². The summed E-state index contributed by atoms with van der Waals surface area (Å²) in [7, 11) is 0. The van der Waals surface area contributed by atoms with Gasteiger partial charge in [-0.1, -0.05) is 46.6 Å². The van der Waals surface area contributed by atoms with E-state index in [2.05, 4.69) is 5.16 Å². The molecule has 0 fully saturated rings. The summed E-state index contributed by atoms with van der Waals surface area (Å²) in [6.07, 6.45) is 0. The molecule has 0 saturated carbocycles. The molecule has 0 radical (unpaired) electrons. The van der Waals surface area contributed by atoms with E-state index in [-0.39, 0.29) is 5.84 Å². The molecule has 138 valence electrons. The molecule has 0 bridgehead atoms. The van der Waals surface area contributed by atoms with E-state index in [0.29, 0.717) is 28.0 Å². The normalized spacial score (nSPS) is 11.3. The van der Waals surface area contributed by atoms with Crippen LogP contribution in [0.3, 0.4) is 0 Å². The van der Waals surface area contributed by atoms with Crippen molar-refractivity contribution in [3.63, 3.8) is 0 Å². The van der Waals surface area contributed by atoms with Crippen molar-refractivity contribution in [3.05, 3.63) is 86.0 Å². The Bertz CT molecular complexity index is 958. The molecule has 0 atom stereocenters. The van der Waals surface area contributed by atoms with Gasteiger partial charge < -0.3 is 15.3 Å². The van der Waals surface area contributed by atoms with E-state index in [4.69, 9.17) is 38.5 Å². The first-order valence-corrected chi connectivity index (χ1v) is 9.42. The Hall–Kier alpha value is -2.54. The van der Waals surface area contributed by atoms with Gasteiger partial charge in [0.15, 0.2) is 5.84 Å². The van der Waals surface area contributed by atoms with Gasteiger partial charge in [0.2, 0.25) is 0 Å². The third kappa shape index (κ3) is 5.23. The predicted molar refractivity (Wildman–Crippen MR) is 108 cm³/mol. The lowest BCUT2D eigenvalue weighted by atomic mass is 10.1. The van der Waals surface area contributed by atoms with Crippen LogP contribution in [0.15, 0.2) is 65.1 Å². The van der Waals surface area contributed by atoms with Gasteiger partial charge in [-0.25, -0.2) is 4.79 Å². The molecule has 0 saturated heterocycles. The Balaban J connectivity index is 1.58. The van der Waals surface area contributed by atoms with Gasteiger partial charge in [0.05, 0.1) is 15.5 Å². The van der Waals surface area contributed by atoms with Gasteiger partial charge in [-0.05, 0) is 47.3 Å². The molecule has 0 amide bonds. The fourth-order valence-corrected chi connectivity index (χ4v) is 3.18. The van der Waals surface area contributed by atoms with Crippen LogP contribution in [-0.4, -0.2) is 11.8 Å². The first kappa shape index (κ1) is 19.2. The van der Waals surface area contributed by atoms with Crippen molar-refractivity contribution < 1.29 is 14.4 Å². The zero-order chi connectivity index (χ0) is 19.2. The largest absolute Gasteiger partial charge is 0.487 e. The number of nitrogens with zero attached hydrogens (tertiary/aromatic N) is 1. The Morgan fingerprint density at radius 1 is 1.11 bits per heavy atom. The monoisotopic (exact) mass is 420 g/mol. The molecule has 0 unspecified atom stereocenters. The van der Waals surface area contributed by atoms with Gasteiger partial charge in [-0.15, -0.1) is 11.3 Å². The number of rotatable bonds is 6. The van der Waals surface area contributed by atoms with E-state index < -0.39 is 5.97 Å². The van der Waals surface area contributed by atoms with Gasteiger partial charge in [0.25, 0.3) is 0 Å². The standard InChI is InChI=1S/C19H14Cl2N2O3S/c20-14-7-8-16(15(21)10-14)25-11-12-3-5-13(6-4-12)19(24)26-23-18(22)17-2-1-9-27-17/h1-10H,11H2,(H2,22,23). The van der Waals surface area contributed by atoms with Crippen LogP contribution in [-0.2, 0) is 11.4 Å². The average Bonchev–Trinajstić information content (AvgIpc) is 3.20. The Labute approximate surface area is 169 Å². The minimum atomic E-state index is -0.595. The fraction of sp³-hybridized carbons (Fsp3) is 0.0526. The number of benzene rings is 2. The fourth-order valence-electron chi connectivity index (χ4n) is 2.10. The van der Waals surface area contributed by atoms with E-state index in [9.17, 15) is 4.79 Å². The summed E-state index contributed by atoms with van der Waals surface area (Å²) in [5.41, 5.74) is 6.97. The number of carbonyl (C=O) groups is 1. The number of carbonyl (C=O) groups excluding carboxylic acids is 1. The van der Waals surface area contributed by atoms with Crippen molar-refractivity contribution in [1.82, 2.24) is 0 Å². The molecule has 27 heavy (non-hydrogen) atoms. The minimum Gasteiger partial charge on any atom is -0.487 e. The molecule has 2 aromatic carbocycles. The molecule has 1 aromatic heterocycles. The number of hydrogen-bond acceptors (Lipinski definition) is 5. The summed E-state index contributed by atoms with van der Waals surface area (Å²) in [5.74, 6) is 0.0916. The number of nitrogens with two attached hydrogens (primary N) is 1. The highest BCUT2D eigenvalue weighted by Gasteiger charge is 2.09. The maximum atomic E-state index is 12.0. The van der Waals surface area contributed by atoms with Crippen molar-refractivity contribution in [2.45, 2.75) is 6.61 Å². The van der Waals surface area contributed by atoms with Crippen molar-refractivity contribution in [2.75, 3.05) is 0 Å². The lowest BCUT2D eigenvalue weighted by Crippen LogP contribution is -2.13. The lowest BCUT2D eigenvalue weighted by molar-refractivity contribution is 0.0516. The SMILES string of the molecule is N/C(=N\OC(=O)c1ccc(COc2ccc(Cl)cc2Cl)cc1)c1cccs1. The number of ether oxygens (including phenoxy) is 1. The molecule has 3 aromatic rings. The van der Waals surface area contributed by atoms with Crippen molar-refractivity contribution in [1.29, 1.82) is 0 Å². The van der Waals surface area contributed by atoms with E-state index in [1.807, 2.05) is 11.4 Å². The van der Waals surface area contributed by atoms with Gasteiger partial charge in [0.1, 0.15) is 12.4 Å². The van der Waals surface area contributed by atoms with E-state index in [1.54, 1.807) is 48.5 Å². The van der Waals surface area contributed by atoms with Crippen molar-refractivity contribution in [3.8, 4) is 5.75 Å². The topological polar surface area (TPSA) is 73.9 Å². The summed E-state index contributed by atoms with van der Waals surface area (Å²) in [6.45, 7) is 0.292. The third-order valence-corrected chi connectivity index (χ3v) is 4.90. The number of thiophene rings is 1. The highest BCUT2D eigenvalue weighted by Crippen LogP contribution is 2.28. The van der Waals surface area contributed by atoms with E-state index in [1.165, 1.54) is 11.3 Å². The summed E-state index contributed by atoms with van der Waals surface area (Å²) in [5, 5.41) is 6.50. The quantitative estimate of drug-likeness (QED) is 0.260. The molecule has 3 rings (SSSR count). The van der Waals surface area contributed by atoms with Crippen LogP contribution in [0.4, 0.5) is 0 Å². The summed E-state index contributed by atoms with van der Waals surface area (Å²) >= 11 is 13.3. The second-order valence-electron chi connectivity index (χ2n) is 5.39. The highest BCUT2D eigenvalue weighted by molar-refractivity contribution is 7.12. The molecule has 0 aliphatic heterocycles. The molecule has 2 N–H and O–H groups in total. The molecule has 0 aliphatic carbocycles. The van der Waals surface area contributed by atoms with Crippen molar-refractivity contribution >= 4 is 46.3 Å². The van der Waals surface area contributed by atoms with Crippen LogP contribution >= 0.6 is 34.5 Å². The summed E-state index contributed by atoms with van der Waals surface area (Å²) < 4.78 is 5.65. The van der Waals surface area contributed by atoms with E-state index in [0.717, 1.165) is 10.4 Å². The minimum absolute atomic E-state index is 0.156. The molecule has 0 aliphatic rings. The number of hydrogen-bond donors (Lipinski definition) is 1. The van der Waals surface area contributed by atoms with Gasteiger partial charge in [0, 0.05) is 5.02 Å². The number of halogens is 2. The number of oxime groups is 1. The second kappa shape index (κ2) is 8.90. The lowest BCUT2D eigenvalue weighted by Gasteiger charge is -2.08. The van der Waals surface area contributed by atoms with Gasteiger partial charge in [-0.2, -0.15) is 0 Å². The molecular weight excluding hydrogens is 407 g/mol. The predicted octanol–water partition coefficient (Wildman–Crippen LogP) is 5.11. The van der Waals surface area contributed by atoms with Crippen LogP contribution in [0.5, 0.6) is 5.75 Å². The summed E-state index contributed by atoms with van der Waals surface area (Å²) in [4.78, 5) is 17.7. The molecule has 5 nitrogen and oxygen atoms in total. The first-order valence-electron chi connectivity index (χ1n) is 7.78. The smallest absolute Gasteiger partial charge is 0.365 e. The second-order valence-corrected chi connectivity index (χ2v) is 7.18. The zero-order valence-corrected chi connectivity index (χ0v) is 16.2.